The van der Waals surface area contributed by atoms with Gasteiger partial charge in [0.25, 0.3) is 0 Å². The first kappa shape index (κ1) is 18.5. The number of aryl methyl sites for hydroxylation is 1. The lowest BCUT2D eigenvalue weighted by Gasteiger charge is -2.33. The van der Waals surface area contributed by atoms with Crippen LogP contribution in [0.1, 0.15) is 18.4 Å². The van der Waals surface area contributed by atoms with Crippen molar-refractivity contribution in [1.82, 2.24) is 9.21 Å². The third kappa shape index (κ3) is 5.35. The molecule has 1 aliphatic heterocycles. The molecule has 0 spiro atoms. The van der Waals surface area contributed by atoms with Crippen LogP contribution in [-0.2, 0) is 21.2 Å². The second-order valence-corrected chi connectivity index (χ2v) is 8.44. The molecule has 0 aliphatic carbocycles. The molecular weight excluding hydrogens is 359 g/mol. The molecule has 1 aliphatic rings. The van der Waals surface area contributed by atoms with Crippen LogP contribution in [0.15, 0.2) is 18.2 Å². The second-order valence-electron chi connectivity index (χ2n) is 5.64. The first-order valence-corrected chi connectivity index (χ1v) is 10.0. The number of amides is 1. The molecule has 2 rings (SSSR count). The average Bonchev–Trinajstić information content (AvgIpc) is 2.50. The Labute approximate surface area is 147 Å². The van der Waals surface area contributed by atoms with Gasteiger partial charge in [0.2, 0.25) is 15.9 Å². The van der Waals surface area contributed by atoms with Crippen LogP contribution in [0.4, 0.5) is 0 Å². The SMILES string of the molecule is CS(=O)(=O)N1CCN(C(=O)CCCc2ccc(Cl)c(Cl)c2)CC1. The summed E-state index contributed by atoms with van der Waals surface area (Å²) in [4.78, 5) is 13.9. The van der Waals surface area contributed by atoms with Crippen LogP contribution in [0.3, 0.4) is 0 Å². The first-order chi connectivity index (χ1) is 10.8. The van der Waals surface area contributed by atoms with Crippen molar-refractivity contribution >= 4 is 39.1 Å². The Balaban J connectivity index is 1.76. The molecule has 1 amide bonds. The number of piperazine rings is 1. The van der Waals surface area contributed by atoms with E-state index < -0.39 is 10.0 Å². The van der Waals surface area contributed by atoms with E-state index in [1.54, 1.807) is 11.0 Å². The van der Waals surface area contributed by atoms with E-state index in [2.05, 4.69) is 0 Å². The van der Waals surface area contributed by atoms with Gasteiger partial charge in [-0.2, -0.15) is 4.31 Å². The Hall–Kier alpha value is -0.820. The zero-order chi connectivity index (χ0) is 17.0. The Kier molecular flexibility index (Phi) is 6.31. The lowest BCUT2D eigenvalue weighted by molar-refractivity contribution is -0.132. The molecule has 0 N–H and O–H groups in total. The predicted octanol–water partition coefficient (Wildman–Crippen LogP) is 2.42. The maximum absolute atomic E-state index is 12.2. The molecule has 1 heterocycles. The lowest BCUT2D eigenvalue weighted by atomic mass is 10.1. The summed E-state index contributed by atoms with van der Waals surface area (Å²) in [5.74, 6) is 0.0678. The third-order valence-electron chi connectivity index (χ3n) is 3.90. The standard InChI is InChI=1S/C15H20Cl2N2O3S/c1-23(21,22)19-9-7-18(8-10-19)15(20)4-2-3-12-5-6-13(16)14(17)11-12/h5-6,11H,2-4,7-10H2,1H3. The number of hydrogen-bond donors (Lipinski definition) is 0. The maximum Gasteiger partial charge on any atom is 0.222 e. The van der Waals surface area contributed by atoms with Crippen molar-refractivity contribution in [3.8, 4) is 0 Å². The van der Waals surface area contributed by atoms with Gasteiger partial charge in [0.05, 0.1) is 16.3 Å². The fourth-order valence-corrected chi connectivity index (χ4v) is 3.71. The van der Waals surface area contributed by atoms with Crippen molar-refractivity contribution in [3.05, 3.63) is 33.8 Å². The van der Waals surface area contributed by atoms with Crippen molar-refractivity contribution in [2.75, 3.05) is 32.4 Å². The smallest absolute Gasteiger partial charge is 0.222 e. The molecule has 0 atom stereocenters. The summed E-state index contributed by atoms with van der Waals surface area (Å²) >= 11 is 11.8. The normalized spacial score (nSPS) is 16.6. The summed E-state index contributed by atoms with van der Waals surface area (Å²) in [5, 5.41) is 1.04. The average molecular weight is 379 g/mol. The molecule has 0 radical (unpaired) electrons. The van der Waals surface area contributed by atoms with Crippen molar-refractivity contribution in [3.63, 3.8) is 0 Å². The van der Waals surface area contributed by atoms with Gasteiger partial charge in [-0.05, 0) is 30.5 Å². The largest absolute Gasteiger partial charge is 0.340 e. The van der Waals surface area contributed by atoms with E-state index in [1.165, 1.54) is 10.6 Å². The molecule has 0 bridgehead atoms. The monoisotopic (exact) mass is 378 g/mol. The van der Waals surface area contributed by atoms with E-state index in [-0.39, 0.29) is 5.91 Å². The van der Waals surface area contributed by atoms with Crippen LogP contribution < -0.4 is 0 Å². The highest BCUT2D eigenvalue weighted by Gasteiger charge is 2.25. The maximum atomic E-state index is 12.2. The molecule has 5 nitrogen and oxygen atoms in total. The molecule has 23 heavy (non-hydrogen) atoms. The molecule has 1 fully saturated rings. The molecule has 0 aromatic heterocycles. The van der Waals surface area contributed by atoms with Crippen molar-refractivity contribution in [2.45, 2.75) is 19.3 Å². The predicted molar refractivity (Wildman–Crippen MR) is 92.4 cm³/mol. The zero-order valence-corrected chi connectivity index (χ0v) is 15.3. The molecule has 128 valence electrons. The molecule has 0 saturated carbocycles. The minimum Gasteiger partial charge on any atom is -0.340 e. The van der Waals surface area contributed by atoms with Gasteiger partial charge in [-0.15, -0.1) is 0 Å². The van der Waals surface area contributed by atoms with Gasteiger partial charge in [0, 0.05) is 32.6 Å². The van der Waals surface area contributed by atoms with Crippen LogP contribution in [0.25, 0.3) is 0 Å². The van der Waals surface area contributed by atoms with E-state index in [4.69, 9.17) is 23.2 Å². The van der Waals surface area contributed by atoms with Gasteiger partial charge in [0.1, 0.15) is 0 Å². The van der Waals surface area contributed by atoms with E-state index >= 15 is 0 Å². The van der Waals surface area contributed by atoms with Crippen LogP contribution >= 0.6 is 23.2 Å². The van der Waals surface area contributed by atoms with E-state index in [1.807, 2.05) is 12.1 Å². The number of carbonyl (C=O) groups is 1. The van der Waals surface area contributed by atoms with Gasteiger partial charge in [-0.25, -0.2) is 8.42 Å². The van der Waals surface area contributed by atoms with E-state index in [9.17, 15) is 13.2 Å². The molecule has 1 aromatic carbocycles. The highest BCUT2D eigenvalue weighted by Crippen LogP contribution is 2.23. The number of rotatable bonds is 5. The molecule has 1 aromatic rings. The summed E-state index contributed by atoms with van der Waals surface area (Å²) in [6.45, 7) is 1.66. The zero-order valence-electron chi connectivity index (χ0n) is 13.0. The van der Waals surface area contributed by atoms with Crippen LogP contribution in [0.2, 0.25) is 10.0 Å². The Bertz CT molecular complexity index is 671. The lowest BCUT2D eigenvalue weighted by Crippen LogP contribution is -2.50. The number of benzene rings is 1. The number of nitrogens with zero attached hydrogens (tertiary/aromatic N) is 2. The molecular formula is C15H20Cl2N2O3S. The van der Waals surface area contributed by atoms with Gasteiger partial charge in [-0.1, -0.05) is 29.3 Å². The molecule has 0 unspecified atom stereocenters. The number of sulfonamides is 1. The fourth-order valence-electron chi connectivity index (χ4n) is 2.57. The van der Waals surface area contributed by atoms with Gasteiger partial charge in [0.15, 0.2) is 0 Å². The first-order valence-electron chi connectivity index (χ1n) is 7.44. The topological polar surface area (TPSA) is 57.7 Å². The van der Waals surface area contributed by atoms with Gasteiger partial charge < -0.3 is 4.90 Å². The summed E-state index contributed by atoms with van der Waals surface area (Å²) < 4.78 is 24.3. The van der Waals surface area contributed by atoms with Crippen molar-refractivity contribution in [2.24, 2.45) is 0 Å². The number of halogens is 2. The summed E-state index contributed by atoms with van der Waals surface area (Å²) in [6.07, 6.45) is 3.12. The van der Waals surface area contributed by atoms with Gasteiger partial charge in [-0.3, -0.25) is 4.79 Å². The highest BCUT2D eigenvalue weighted by atomic mass is 35.5. The van der Waals surface area contributed by atoms with Gasteiger partial charge >= 0.3 is 0 Å². The molecule has 1 saturated heterocycles. The third-order valence-corrected chi connectivity index (χ3v) is 5.94. The van der Waals surface area contributed by atoms with Crippen molar-refractivity contribution < 1.29 is 13.2 Å². The fraction of sp³-hybridized carbons (Fsp3) is 0.533. The Morgan fingerprint density at radius 3 is 2.35 bits per heavy atom. The van der Waals surface area contributed by atoms with Crippen LogP contribution in [0, 0.1) is 0 Å². The van der Waals surface area contributed by atoms with E-state index in [0.717, 1.165) is 18.4 Å². The minimum atomic E-state index is -3.16. The summed E-state index contributed by atoms with van der Waals surface area (Å²) in [6, 6.07) is 5.48. The molecule has 8 heteroatoms. The minimum absolute atomic E-state index is 0.0678. The second kappa shape index (κ2) is 7.83. The number of hydrogen-bond acceptors (Lipinski definition) is 3. The quantitative estimate of drug-likeness (QED) is 0.790. The summed E-state index contributed by atoms with van der Waals surface area (Å²) in [5.41, 5.74) is 1.05. The van der Waals surface area contributed by atoms with Crippen LogP contribution in [0.5, 0.6) is 0 Å². The number of carbonyl (C=O) groups excluding carboxylic acids is 1. The Morgan fingerprint density at radius 2 is 1.78 bits per heavy atom. The Morgan fingerprint density at radius 1 is 1.13 bits per heavy atom. The van der Waals surface area contributed by atoms with Crippen LogP contribution in [-0.4, -0.2) is 56.0 Å². The van der Waals surface area contributed by atoms with Crippen molar-refractivity contribution in [1.29, 1.82) is 0 Å². The summed E-state index contributed by atoms with van der Waals surface area (Å²) in [7, 11) is -3.16. The van der Waals surface area contributed by atoms with E-state index in [0.29, 0.717) is 42.6 Å². The highest BCUT2D eigenvalue weighted by molar-refractivity contribution is 7.88.